The Hall–Kier alpha value is -4.30. The lowest BCUT2D eigenvalue weighted by atomic mass is 10.1. The monoisotopic (exact) mass is 504 g/mol. The van der Waals surface area contributed by atoms with E-state index < -0.39 is 6.03 Å². The van der Waals surface area contributed by atoms with Crippen molar-refractivity contribution in [3.05, 3.63) is 89.1 Å². The van der Waals surface area contributed by atoms with Crippen LogP contribution < -0.4 is 25.4 Å². The number of nitrogens with one attached hydrogen (secondary N) is 3. The number of urea groups is 1. The largest absolute Gasteiger partial charge is 0.488 e. The van der Waals surface area contributed by atoms with Gasteiger partial charge in [-0.1, -0.05) is 48.0 Å². The van der Waals surface area contributed by atoms with Crippen molar-refractivity contribution < 1.29 is 19.1 Å². The van der Waals surface area contributed by atoms with Gasteiger partial charge in [0.15, 0.2) is 5.75 Å². The van der Waals surface area contributed by atoms with Crippen LogP contribution >= 0.6 is 11.6 Å². The third kappa shape index (κ3) is 5.67. The van der Waals surface area contributed by atoms with Gasteiger partial charge in [-0.05, 0) is 36.8 Å². The quantitative estimate of drug-likeness (QED) is 0.283. The molecule has 1 heterocycles. The van der Waals surface area contributed by atoms with E-state index in [1.165, 1.54) is 7.05 Å². The number of halogens is 1. The molecule has 4 aromatic rings. The van der Waals surface area contributed by atoms with Crippen molar-refractivity contribution in [3.8, 4) is 17.2 Å². The summed E-state index contributed by atoms with van der Waals surface area (Å²) in [6.45, 7) is 2.61. The number of amides is 3. The fourth-order valence-electron chi connectivity index (χ4n) is 3.53. The molecule has 8 nitrogen and oxygen atoms in total. The number of pyridine rings is 1. The van der Waals surface area contributed by atoms with Gasteiger partial charge < -0.3 is 25.4 Å². The van der Waals surface area contributed by atoms with E-state index in [0.29, 0.717) is 57.6 Å². The zero-order chi connectivity index (χ0) is 25.5. The molecule has 0 fully saturated rings. The van der Waals surface area contributed by atoms with Crippen LogP contribution in [0.1, 0.15) is 22.8 Å². The van der Waals surface area contributed by atoms with Crippen LogP contribution in [0.3, 0.4) is 0 Å². The van der Waals surface area contributed by atoms with E-state index in [-0.39, 0.29) is 5.91 Å². The number of para-hydroxylation sites is 1. The molecule has 0 aliphatic heterocycles. The highest BCUT2D eigenvalue weighted by molar-refractivity contribution is 6.34. The maximum atomic E-state index is 12.9. The first-order valence-corrected chi connectivity index (χ1v) is 11.7. The van der Waals surface area contributed by atoms with Crippen molar-refractivity contribution in [3.63, 3.8) is 0 Å². The Morgan fingerprint density at radius 3 is 2.53 bits per heavy atom. The number of carbonyl (C=O) groups excluding carboxylic acids is 2. The number of hydrogen-bond acceptors (Lipinski definition) is 5. The van der Waals surface area contributed by atoms with E-state index in [2.05, 4.69) is 20.9 Å². The molecule has 0 atom stereocenters. The highest BCUT2D eigenvalue weighted by Crippen LogP contribution is 2.38. The van der Waals surface area contributed by atoms with Crippen LogP contribution in [0.4, 0.5) is 10.5 Å². The Balaban J connectivity index is 1.74. The van der Waals surface area contributed by atoms with Crippen molar-refractivity contribution in [1.29, 1.82) is 0 Å². The zero-order valence-electron chi connectivity index (χ0n) is 19.8. The van der Waals surface area contributed by atoms with E-state index >= 15 is 0 Å². The van der Waals surface area contributed by atoms with Crippen molar-refractivity contribution in [2.75, 3.05) is 18.9 Å². The van der Waals surface area contributed by atoms with Gasteiger partial charge in [0, 0.05) is 31.2 Å². The Morgan fingerprint density at radius 1 is 0.972 bits per heavy atom. The predicted molar refractivity (Wildman–Crippen MR) is 140 cm³/mol. The van der Waals surface area contributed by atoms with Crippen LogP contribution in [-0.4, -0.2) is 30.5 Å². The second-order valence-corrected chi connectivity index (χ2v) is 8.13. The second kappa shape index (κ2) is 11.4. The summed E-state index contributed by atoms with van der Waals surface area (Å²) in [5.74, 6) is 0.901. The van der Waals surface area contributed by atoms with Crippen molar-refractivity contribution in [1.82, 2.24) is 15.6 Å². The summed E-state index contributed by atoms with van der Waals surface area (Å²) in [7, 11) is 1.50. The van der Waals surface area contributed by atoms with Crippen molar-refractivity contribution in [2.45, 2.75) is 13.5 Å². The van der Waals surface area contributed by atoms with Gasteiger partial charge in [0.2, 0.25) is 0 Å². The van der Waals surface area contributed by atoms with Crippen LogP contribution in [0.5, 0.6) is 17.2 Å². The molecule has 4 rings (SSSR count). The van der Waals surface area contributed by atoms with Gasteiger partial charge in [-0.15, -0.1) is 0 Å². The summed E-state index contributed by atoms with van der Waals surface area (Å²) in [6, 6.07) is 19.4. The molecule has 0 bridgehead atoms. The van der Waals surface area contributed by atoms with Gasteiger partial charge in [0.05, 0.1) is 16.1 Å². The molecule has 0 radical (unpaired) electrons. The Bertz CT molecular complexity index is 1400. The minimum absolute atomic E-state index is 0.276. The number of aromatic nitrogens is 1. The maximum absolute atomic E-state index is 12.9. The number of ether oxygens (including phenoxy) is 2. The average Bonchev–Trinajstić information content (AvgIpc) is 2.89. The molecule has 0 aliphatic rings. The van der Waals surface area contributed by atoms with E-state index in [0.717, 1.165) is 5.56 Å². The molecule has 9 heteroatoms. The van der Waals surface area contributed by atoms with Crippen LogP contribution in [0.15, 0.2) is 72.9 Å². The lowest BCUT2D eigenvalue weighted by Crippen LogP contribution is -2.24. The normalized spacial score (nSPS) is 10.5. The van der Waals surface area contributed by atoms with Crippen LogP contribution in [-0.2, 0) is 6.61 Å². The number of hydrogen-bond donors (Lipinski definition) is 3. The molecular weight excluding hydrogens is 480 g/mol. The first kappa shape index (κ1) is 24.8. The zero-order valence-corrected chi connectivity index (χ0v) is 20.6. The smallest absolute Gasteiger partial charge is 0.319 e. The third-order valence-corrected chi connectivity index (χ3v) is 5.60. The Labute approximate surface area is 213 Å². The molecular formula is C27H25ClN4O4. The number of anilines is 1. The minimum Gasteiger partial charge on any atom is -0.488 e. The summed E-state index contributed by atoms with van der Waals surface area (Å²) in [4.78, 5) is 29.3. The number of carbonyl (C=O) groups is 2. The van der Waals surface area contributed by atoms with Gasteiger partial charge >= 0.3 is 6.03 Å². The summed E-state index contributed by atoms with van der Waals surface area (Å²) in [5.41, 5.74) is 2.22. The van der Waals surface area contributed by atoms with Gasteiger partial charge in [0.25, 0.3) is 5.91 Å². The standard InChI is InChI=1S/C27H25ClN4O4/c1-3-30-26(33)19-14-18-21(15-24(19)35-16-17-8-5-4-6-9-17)31-13-12-22(18)36-23-11-7-10-20(28)25(23)32-27(34)29-2/h4-15H,3,16H2,1-2H3,(H,30,33)(H2,29,32,34). The molecule has 0 saturated heterocycles. The summed E-state index contributed by atoms with van der Waals surface area (Å²) >= 11 is 6.32. The summed E-state index contributed by atoms with van der Waals surface area (Å²) in [5, 5.41) is 8.90. The van der Waals surface area contributed by atoms with Gasteiger partial charge in [-0.3, -0.25) is 9.78 Å². The van der Waals surface area contributed by atoms with Gasteiger partial charge in [-0.25, -0.2) is 4.79 Å². The predicted octanol–water partition coefficient (Wildman–Crippen LogP) is 5.76. The highest BCUT2D eigenvalue weighted by Gasteiger charge is 2.18. The molecule has 184 valence electrons. The topological polar surface area (TPSA) is 102 Å². The lowest BCUT2D eigenvalue weighted by molar-refractivity contribution is 0.0951. The van der Waals surface area contributed by atoms with Crippen LogP contribution in [0.2, 0.25) is 5.02 Å². The summed E-state index contributed by atoms with van der Waals surface area (Å²) in [6.07, 6.45) is 1.60. The molecule has 3 N–H and O–H groups in total. The van der Waals surface area contributed by atoms with E-state index in [9.17, 15) is 9.59 Å². The molecule has 1 aromatic heterocycles. The van der Waals surface area contributed by atoms with Gasteiger partial charge in [0.1, 0.15) is 23.8 Å². The number of nitrogens with zero attached hydrogens (tertiary/aromatic N) is 1. The van der Waals surface area contributed by atoms with E-state index in [1.54, 1.807) is 42.6 Å². The lowest BCUT2D eigenvalue weighted by Gasteiger charge is -2.16. The average molecular weight is 505 g/mol. The first-order valence-electron chi connectivity index (χ1n) is 11.3. The van der Waals surface area contributed by atoms with E-state index in [4.69, 9.17) is 21.1 Å². The highest BCUT2D eigenvalue weighted by atomic mass is 35.5. The van der Waals surface area contributed by atoms with Crippen molar-refractivity contribution >= 4 is 40.1 Å². The second-order valence-electron chi connectivity index (χ2n) is 7.73. The number of benzene rings is 3. The number of fused-ring (bicyclic) bond motifs is 1. The Morgan fingerprint density at radius 2 is 1.78 bits per heavy atom. The first-order chi connectivity index (χ1) is 17.5. The minimum atomic E-state index is -0.439. The molecule has 3 aromatic carbocycles. The van der Waals surface area contributed by atoms with Crippen LogP contribution in [0, 0.1) is 0 Å². The van der Waals surface area contributed by atoms with Gasteiger partial charge in [-0.2, -0.15) is 0 Å². The maximum Gasteiger partial charge on any atom is 0.319 e. The molecule has 0 saturated carbocycles. The summed E-state index contributed by atoms with van der Waals surface area (Å²) < 4.78 is 12.2. The molecule has 0 unspecified atom stereocenters. The number of rotatable bonds is 8. The molecule has 0 aliphatic carbocycles. The van der Waals surface area contributed by atoms with Crippen molar-refractivity contribution in [2.24, 2.45) is 0 Å². The molecule has 3 amide bonds. The molecule has 0 spiro atoms. The van der Waals surface area contributed by atoms with Crippen LogP contribution in [0.25, 0.3) is 10.9 Å². The molecule has 36 heavy (non-hydrogen) atoms. The van der Waals surface area contributed by atoms with E-state index in [1.807, 2.05) is 37.3 Å². The fourth-order valence-corrected chi connectivity index (χ4v) is 3.74. The fraction of sp³-hybridized carbons (Fsp3) is 0.148. The SMILES string of the molecule is CCNC(=O)c1cc2c(Oc3cccc(Cl)c3NC(=O)NC)ccnc2cc1OCc1ccccc1. The third-order valence-electron chi connectivity index (χ3n) is 5.28. The Kier molecular flexibility index (Phi) is 7.87.